The molecule has 0 unspecified atom stereocenters. The zero-order valence-corrected chi connectivity index (χ0v) is 8.55. The highest BCUT2D eigenvalue weighted by molar-refractivity contribution is 5.38. The fourth-order valence-corrected chi connectivity index (χ4v) is 1.47. The van der Waals surface area contributed by atoms with Crippen molar-refractivity contribution in [2.45, 2.75) is 26.3 Å². The minimum absolute atomic E-state index is 0.195. The maximum absolute atomic E-state index is 13.2. The van der Waals surface area contributed by atoms with Crippen LogP contribution in [0.2, 0.25) is 0 Å². The molecule has 0 aliphatic rings. The Morgan fingerprint density at radius 3 is 2.67 bits per heavy atom. The number of benzene rings is 1. The summed E-state index contributed by atoms with van der Waals surface area (Å²) < 4.78 is 26.0. The Labute approximate surface area is 86.6 Å². The number of halogens is 2. The lowest BCUT2D eigenvalue weighted by atomic mass is 9.99. The van der Waals surface area contributed by atoms with Crippen LogP contribution in [0.4, 0.5) is 8.78 Å². The van der Waals surface area contributed by atoms with Crippen LogP contribution in [0.1, 0.15) is 30.5 Å². The van der Waals surface area contributed by atoms with Crippen molar-refractivity contribution in [3.05, 3.63) is 34.9 Å². The van der Waals surface area contributed by atoms with E-state index < -0.39 is 17.7 Å². The number of rotatable bonds is 3. The lowest BCUT2D eigenvalue weighted by molar-refractivity contribution is 0.498. The number of hydrogen-bond donors (Lipinski definition) is 0. The van der Waals surface area contributed by atoms with Crippen LogP contribution in [0.25, 0.3) is 0 Å². The first-order valence-corrected chi connectivity index (χ1v) is 4.63. The first kappa shape index (κ1) is 11.5. The Morgan fingerprint density at radius 1 is 1.47 bits per heavy atom. The topological polar surface area (TPSA) is 29.4 Å². The summed E-state index contributed by atoms with van der Waals surface area (Å²) in [5, 5.41) is 0. The van der Waals surface area contributed by atoms with Crippen molar-refractivity contribution < 1.29 is 13.6 Å². The SMILES string of the molecule is CC[C@@H](N=C=O)c1ccc(F)c(F)c1C. The lowest BCUT2D eigenvalue weighted by Gasteiger charge is -2.12. The van der Waals surface area contributed by atoms with Gasteiger partial charge in [0.1, 0.15) is 0 Å². The summed E-state index contributed by atoms with van der Waals surface area (Å²) in [6, 6.07) is 2.04. The predicted molar refractivity (Wildman–Crippen MR) is 52.2 cm³/mol. The predicted octanol–water partition coefficient (Wildman–Crippen LogP) is 3.06. The van der Waals surface area contributed by atoms with Gasteiger partial charge in [-0.2, -0.15) is 4.99 Å². The summed E-state index contributed by atoms with van der Waals surface area (Å²) in [5.74, 6) is -1.77. The Morgan fingerprint density at radius 2 is 2.13 bits per heavy atom. The van der Waals surface area contributed by atoms with Crippen molar-refractivity contribution in [2.24, 2.45) is 4.99 Å². The average Bonchev–Trinajstić information content (AvgIpc) is 2.24. The normalized spacial score (nSPS) is 12.0. The second-order valence-electron chi connectivity index (χ2n) is 3.22. The molecule has 0 aromatic heterocycles. The van der Waals surface area contributed by atoms with Gasteiger partial charge in [-0.3, -0.25) is 0 Å². The quantitative estimate of drug-likeness (QED) is 0.558. The molecule has 2 nitrogen and oxygen atoms in total. The second kappa shape index (κ2) is 4.80. The van der Waals surface area contributed by atoms with E-state index in [1.165, 1.54) is 19.1 Å². The van der Waals surface area contributed by atoms with Crippen LogP contribution in [0.5, 0.6) is 0 Å². The van der Waals surface area contributed by atoms with E-state index in [0.29, 0.717) is 12.0 Å². The highest BCUT2D eigenvalue weighted by Gasteiger charge is 2.15. The van der Waals surface area contributed by atoms with E-state index in [-0.39, 0.29) is 5.56 Å². The van der Waals surface area contributed by atoms with Crippen LogP contribution in [-0.4, -0.2) is 6.08 Å². The van der Waals surface area contributed by atoms with Crippen molar-refractivity contribution in [2.75, 3.05) is 0 Å². The van der Waals surface area contributed by atoms with E-state index in [1.54, 1.807) is 0 Å². The number of isocyanates is 1. The molecule has 0 N–H and O–H groups in total. The summed E-state index contributed by atoms with van der Waals surface area (Å²) in [6.45, 7) is 3.28. The Bertz CT molecular complexity index is 411. The van der Waals surface area contributed by atoms with Gasteiger partial charge in [-0.15, -0.1) is 0 Å². The van der Waals surface area contributed by atoms with Gasteiger partial charge in [-0.1, -0.05) is 13.0 Å². The van der Waals surface area contributed by atoms with Gasteiger partial charge in [-0.05, 0) is 30.5 Å². The summed E-state index contributed by atoms with van der Waals surface area (Å²) in [6.07, 6.45) is 1.98. The standard InChI is InChI=1S/C11H11F2NO/c1-3-10(14-6-15)8-4-5-9(12)11(13)7(8)2/h4-5,10H,3H2,1-2H3/t10-/m1/s1. The van der Waals surface area contributed by atoms with E-state index >= 15 is 0 Å². The molecule has 0 spiro atoms. The van der Waals surface area contributed by atoms with Crippen LogP contribution in [0.15, 0.2) is 17.1 Å². The van der Waals surface area contributed by atoms with E-state index in [0.717, 1.165) is 6.07 Å². The Kier molecular flexibility index (Phi) is 3.69. The molecular weight excluding hydrogens is 200 g/mol. The minimum Gasteiger partial charge on any atom is -0.211 e. The molecular formula is C11H11F2NO. The molecule has 1 aromatic carbocycles. The fraction of sp³-hybridized carbons (Fsp3) is 0.364. The summed E-state index contributed by atoms with van der Waals surface area (Å²) in [7, 11) is 0. The second-order valence-corrected chi connectivity index (χ2v) is 3.22. The van der Waals surface area contributed by atoms with Gasteiger partial charge in [0.25, 0.3) is 0 Å². The maximum Gasteiger partial charge on any atom is 0.235 e. The number of nitrogens with zero attached hydrogens (tertiary/aromatic N) is 1. The van der Waals surface area contributed by atoms with Crippen LogP contribution >= 0.6 is 0 Å². The van der Waals surface area contributed by atoms with Crippen molar-refractivity contribution >= 4 is 6.08 Å². The first-order valence-electron chi connectivity index (χ1n) is 4.63. The number of carbonyl (C=O) groups excluding carboxylic acids is 1. The monoisotopic (exact) mass is 211 g/mol. The first-order chi connectivity index (χ1) is 7.11. The third-order valence-corrected chi connectivity index (χ3v) is 2.34. The Hall–Kier alpha value is -1.54. The van der Waals surface area contributed by atoms with Gasteiger partial charge in [0.15, 0.2) is 11.6 Å². The van der Waals surface area contributed by atoms with Gasteiger partial charge in [0, 0.05) is 0 Å². The van der Waals surface area contributed by atoms with Gasteiger partial charge in [0.05, 0.1) is 6.04 Å². The van der Waals surface area contributed by atoms with Gasteiger partial charge < -0.3 is 0 Å². The van der Waals surface area contributed by atoms with Crippen LogP contribution in [0.3, 0.4) is 0 Å². The van der Waals surface area contributed by atoms with Gasteiger partial charge in [-0.25, -0.2) is 13.6 Å². The molecule has 15 heavy (non-hydrogen) atoms. The third kappa shape index (κ3) is 2.28. The highest BCUT2D eigenvalue weighted by Crippen LogP contribution is 2.26. The van der Waals surface area contributed by atoms with Crippen molar-refractivity contribution in [3.63, 3.8) is 0 Å². The third-order valence-electron chi connectivity index (χ3n) is 2.34. The molecule has 0 aliphatic carbocycles. The largest absolute Gasteiger partial charge is 0.235 e. The average molecular weight is 211 g/mol. The summed E-state index contributed by atoms with van der Waals surface area (Å²) in [4.78, 5) is 13.7. The van der Waals surface area contributed by atoms with E-state index in [2.05, 4.69) is 4.99 Å². The molecule has 0 saturated heterocycles. The lowest BCUT2D eigenvalue weighted by Crippen LogP contribution is -2.01. The maximum atomic E-state index is 13.2. The molecule has 0 heterocycles. The zero-order valence-electron chi connectivity index (χ0n) is 8.55. The molecule has 0 bridgehead atoms. The van der Waals surface area contributed by atoms with E-state index in [4.69, 9.17) is 0 Å². The molecule has 4 heteroatoms. The molecule has 0 aliphatic heterocycles. The fourth-order valence-electron chi connectivity index (χ4n) is 1.47. The van der Waals surface area contributed by atoms with Crippen molar-refractivity contribution in [3.8, 4) is 0 Å². The van der Waals surface area contributed by atoms with Crippen molar-refractivity contribution in [1.29, 1.82) is 0 Å². The number of hydrogen-bond acceptors (Lipinski definition) is 2. The summed E-state index contributed by atoms with van der Waals surface area (Å²) >= 11 is 0. The molecule has 80 valence electrons. The van der Waals surface area contributed by atoms with Crippen molar-refractivity contribution in [1.82, 2.24) is 0 Å². The Balaban J connectivity index is 3.25. The highest BCUT2D eigenvalue weighted by atomic mass is 19.2. The number of aliphatic imine (C=N–C) groups is 1. The minimum atomic E-state index is -0.888. The summed E-state index contributed by atoms with van der Waals surface area (Å²) in [5.41, 5.74) is 0.723. The molecule has 0 fully saturated rings. The van der Waals surface area contributed by atoms with Gasteiger partial charge >= 0.3 is 0 Å². The molecule has 0 radical (unpaired) electrons. The van der Waals surface area contributed by atoms with Crippen LogP contribution < -0.4 is 0 Å². The molecule has 1 aromatic rings. The molecule has 1 atom stereocenters. The zero-order chi connectivity index (χ0) is 11.4. The van der Waals surface area contributed by atoms with Crippen LogP contribution in [0, 0.1) is 18.6 Å². The smallest absolute Gasteiger partial charge is 0.211 e. The van der Waals surface area contributed by atoms with Crippen LogP contribution in [-0.2, 0) is 4.79 Å². The van der Waals surface area contributed by atoms with E-state index in [1.807, 2.05) is 6.92 Å². The molecule has 0 saturated carbocycles. The van der Waals surface area contributed by atoms with E-state index in [9.17, 15) is 13.6 Å². The molecule has 1 rings (SSSR count). The molecule has 0 amide bonds. The van der Waals surface area contributed by atoms with Gasteiger partial charge in [0.2, 0.25) is 6.08 Å².